The van der Waals surface area contributed by atoms with E-state index in [2.05, 4.69) is 32.7 Å². The lowest BCUT2D eigenvalue weighted by molar-refractivity contribution is -0.137. The van der Waals surface area contributed by atoms with Crippen molar-refractivity contribution in [1.29, 1.82) is 0 Å². The number of carbonyl (C=O) groups is 1. The van der Waals surface area contributed by atoms with Crippen LogP contribution in [0, 0.1) is 0 Å². The van der Waals surface area contributed by atoms with Gasteiger partial charge in [-0.15, -0.1) is 10.2 Å². The molecule has 0 bridgehead atoms. The summed E-state index contributed by atoms with van der Waals surface area (Å²) >= 11 is 0. The predicted octanol–water partition coefficient (Wildman–Crippen LogP) is 2.67. The summed E-state index contributed by atoms with van der Waals surface area (Å²) < 4.78 is 6.79. The number of nitrogens with zero attached hydrogens (tertiary/aromatic N) is 5. The quantitative estimate of drug-likeness (QED) is 0.541. The van der Waals surface area contributed by atoms with E-state index in [-0.39, 0.29) is 6.42 Å². The Morgan fingerprint density at radius 2 is 2.13 bits per heavy atom. The summed E-state index contributed by atoms with van der Waals surface area (Å²) in [6, 6.07) is 9.06. The molecule has 0 fully saturated rings. The number of rotatable bonds is 9. The average Bonchev–Trinajstić information content (AvgIpc) is 3.25. The van der Waals surface area contributed by atoms with Crippen LogP contribution in [0.2, 0.25) is 0 Å². The molecule has 3 aromatic rings. The lowest BCUT2D eigenvalue weighted by atomic mass is 10.0. The van der Waals surface area contributed by atoms with E-state index in [9.17, 15) is 9.90 Å². The Hall–Kier alpha value is -3.49. The maximum atomic E-state index is 11.5. The van der Waals surface area contributed by atoms with Gasteiger partial charge in [-0.2, -0.15) is 5.10 Å². The summed E-state index contributed by atoms with van der Waals surface area (Å²) in [6.45, 7) is 0.974. The minimum atomic E-state index is -0.921. The zero-order valence-electron chi connectivity index (χ0n) is 17.5. The molecule has 1 unspecified atom stereocenters. The molecule has 0 saturated carbocycles. The van der Waals surface area contributed by atoms with Crippen LogP contribution >= 0.6 is 0 Å². The van der Waals surface area contributed by atoms with Crippen molar-refractivity contribution in [2.75, 3.05) is 19.0 Å². The monoisotopic (exact) mass is 422 g/mol. The highest BCUT2D eigenvalue weighted by Gasteiger charge is 2.22. The number of nitrogens with one attached hydrogen (secondary N) is 1. The molecule has 1 aliphatic heterocycles. The third kappa shape index (κ3) is 4.99. The zero-order chi connectivity index (χ0) is 21.6. The third-order valence-corrected chi connectivity index (χ3v) is 5.44. The molecule has 0 aromatic carbocycles. The van der Waals surface area contributed by atoms with Crippen molar-refractivity contribution >= 4 is 11.8 Å². The first kappa shape index (κ1) is 20.8. The highest BCUT2D eigenvalue weighted by atomic mass is 16.5. The maximum Gasteiger partial charge on any atom is 0.305 e. The topological polar surface area (TPSA) is 115 Å². The van der Waals surface area contributed by atoms with Crippen LogP contribution in [0.15, 0.2) is 36.5 Å². The fraction of sp³-hybridized carbons (Fsp3) is 0.409. The van der Waals surface area contributed by atoms with Crippen LogP contribution in [0.3, 0.4) is 0 Å². The Morgan fingerprint density at radius 3 is 2.90 bits per heavy atom. The number of hydrogen-bond donors (Lipinski definition) is 2. The van der Waals surface area contributed by atoms with Gasteiger partial charge in [-0.3, -0.25) is 9.48 Å². The molecule has 0 radical (unpaired) electrons. The van der Waals surface area contributed by atoms with Gasteiger partial charge in [0.05, 0.1) is 19.2 Å². The van der Waals surface area contributed by atoms with Gasteiger partial charge in [0, 0.05) is 30.2 Å². The van der Waals surface area contributed by atoms with Crippen LogP contribution in [0.25, 0.3) is 0 Å². The van der Waals surface area contributed by atoms with Crippen LogP contribution in [-0.2, 0) is 24.1 Å². The molecular formula is C22H26N6O3. The van der Waals surface area contributed by atoms with Crippen molar-refractivity contribution in [3.63, 3.8) is 0 Å². The Kier molecular flexibility index (Phi) is 6.40. The number of anilines is 1. The van der Waals surface area contributed by atoms with Gasteiger partial charge < -0.3 is 15.2 Å². The predicted molar refractivity (Wildman–Crippen MR) is 114 cm³/mol. The summed E-state index contributed by atoms with van der Waals surface area (Å²) in [6.07, 6.45) is 6.27. The van der Waals surface area contributed by atoms with Gasteiger partial charge in [0.15, 0.2) is 0 Å². The lowest BCUT2D eigenvalue weighted by Crippen LogP contribution is -2.20. The summed E-state index contributed by atoms with van der Waals surface area (Å²) in [7, 11) is 1.51. The van der Waals surface area contributed by atoms with Crippen molar-refractivity contribution in [1.82, 2.24) is 25.0 Å². The molecule has 9 heteroatoms. The van der Waals surface area contributed by atoms with E-state index >= 15 is 0 Å². The van der Waals surface area contributed by atoms with Crippen LogP contribution in [0.5, 0.6) is 5.88 Å². The molecule has 0 saturated heterocycles. The molecule has 1 atom stereocenters. The number of aryl methyl sites for hydroxylation is 3. The van der Waals surface area contributed by atoms with Gasteiger partial charge in [-0.1, -0.05) is 6.07 Å². The highest BCUT2D eigenvalue weighted by molar-refractivity contribution is 5.67. The van der Waals surface area contributed by atoms with Gasteiger partial charge >= 0.3 is 5.97 Å². The highest BCUT2D eigenvalue weighted by Crippen LogP contribution is 2.24. The van der Waals surface area contributed by atoms with E-state index < -0.39 is 12.0 Å². The number of methoxy groups -OCH3 is 1. The second-order valence-corrected chi connectivity index (χ2v) is 7.58. The van der Waals surface area contributed by atoms with Crippen LogP contribution < -0.4 is 10.1 Å². The fourth-order valence-corrected chi connectivity index (χ4v) is 3.88. The van der Waals surface area contributed by atoms with Crippen molar-refractivity contribution in [2.45, 2.75) is 44.6 Å². The molecular weight excluding hydrogens is 396 g/mol. The molecule has 1 aliphatic rings. The molecule has 31 heavy (non-hydrogen) atoms. The lowest BCUT2D eigenvalue weighted by Gasteiger charge is -2.18. The zero-order valence-corrected chi connectivity index (χ0v) is 17.5. The molecule has 0 amide bonds. The first-order valence-corrected chi connectivity index (χ1v) is 10.5. The standard InChI is InChI=1S/C22H26N6O3/c1-31-20-10-9-18(26-27-20)19(14-21(29)30)28-17(11-13-24-28)6-2-5-16-8-7-15-4-3-12-23-22(15)25-16/h7-11,13,19H,2-6,12,14H2,1H3,(H,23,25)(H,29,30). The minimum Gasteiger partial charge on any atom is -0.481 e. The number of aromatic nitrogens is 5. The molecule has 4 heterocycles. The van der Waals surface area contributed by atoms with Crippen LogP contribution in [0.4, 0.5) is 5.82 Å². The summed E-state index contributed by atoms with van der Waals surface area (Å²) in [5.41, 5.74) is 3.84. The second-order valence-electron chi connectivity index (χ2n) is 7.58. The van der Waals surface area contributed by atoms with Crippen molar-refractivity contribution < 1.29 is 14.6 Å². The molecule has 2 N–H and O–H groups in total. The number of carboxylic acid groups (broad SMARTS) is 1. The second kappa shape index (κ2) is 9.55. The summed E-state index contributed by atoms with van der Waals surface area (Å²) in [5.74, 6) is 0.466. The molecule has 9 nitrogen and oxygen atoms in total. The largest absolute Gasteiger partial charge is 0.481 e. The normalized spacial score (nSPS) is 13.8. The van der Waals surface area contributed by atoms with E-state index in [1.807, 2.05) is 6.07 Å². The van der Waals surface area contributed by atoms with Gasteiger partial charge in [-0.05, 0) is 55.9 Å². The average molecular weight is 422 g/mol. The molecule has 0 spiro atoms. The number of fused-ring (bicyclic) bond motifs is 1. The van der Waals surface area contributed by atoms with Crippen LogP contribution in [0.1, 0.15) is 47.9 Å². The van der Waals surface area contributed by atoms with Crippen LogP contribution in [-0.4, -0.2) is 49.7 Å². The smallest absolute Gasteiger partial charge is 0.305 e. The summed E-state index contributed by atoms with van der Waals surface area (Å²) in [5, 5.41) is 25.3. The number of hydrogen-bond acceptors (Lipinski definition) is 7. The SMILES string of the molecule is COc1ccc(C(CC(=O)O)n2nccc2CCCc2ccc3c(n2)NCCC3)nn1. The van der Waals surface area contributed by atoms with E-state index in [1.165, 1.54) is 12.7 Å². The first-order valence-electron chi connectivity index (χ1n) is 10.5. The number of pyridine rings is 1. The van der Waals surface area contributed by atoms with E-state index in [4.69, 9.17) is 9.72 Å². The van der Waals surface area contributed by atoms with Gasteiger partial charge in [-0.25, -0.2) is 4.98 Å². The van der Waals surface area contributed by atoms with Gasteiger partial charge in [0.2, 0.25) is 5.88 Å². The van der Waals surface area contributed by atoms with Crippen molar-refractivity contribution in [2.24, 2.45) is 0 Å². The Bertz CT molecular complexity index is 1030. The van der Waals surface area contributed by atoms with Crippen molar-refractivity contribution in [3.05, 3.63) is 59.2 Å². The summed E-state index contributed by atoms with van der Waals surface area (Å²) in [4.78, 5) is 16.3. The van der Waals surface area contributed by atoms with E-state index in [0.29, 0.717) is 11.6 Å². The molecule has 0 aliphatic carbocycles. The molecule has 4 rings (SSSR count). The Morgan fingerprint density at radius 1 is 1.23 bits per heavy atom. The third-order valence-electron chi connectivity index (χ3n) is 5.44. The number of carboxylic acids is 1. The maximum absolute atomic E-state index is 11.5. The van der Waals surface area contributed by atoms with E-state index in [1.54, 1.807) is 23.0 Å². The minimum absolute atomic E-state index is 0.131. The number of ether oxygens (including phenoxy) is 1. The van der Waals surface area contributed by atoms with Gasteiger partial charge in [0.25, 0.3) is 0 Å². The molecule has 162 valence electrons. The molecule has 3 aromatic heterocycles. The van der Waals surface area contributed by atoms with Gasteiger partial charge in [0.1, 0.15) is 11.9 Å². The number of aliphatic carboxylic acids is 1. The first-order chi connectivity index (χ1) is 15.1. The fourth-order valence-electron chi connectivity index (χ4n) is 3.88. The Labute approximate surface area is 180 Å². The van der Waals surface area contributed by atoms with E-state index in [0.717, 1.165) is 55.9 Å². The Balaban J connectivity index is 1.46. The van der Waals surface area contributed by atoms with Crippen molar-refractivity contribution in [3.8, 4) is 5.88 Å².